The van der Waals surface area contributed by atoms with Gasteiger partial charge in [0.25, 0.3) is 0 Å². The number of nitrogens with one attached hydrogen (secondary N) is 1. The lowest BCUT2D eigenvalue weighted by Gasteiger charge is -2.35. The summed E-state index contributed by atoms with van der Waals surface area (Å²) in [6.07, 6.45) is 12.1. The summed E-state index contributed by atoms with van der Waals surface area (Å²) in [5.74, 6) is 1.47. The number of anilines is 1. The van der Waals surface area contributed by atoms with Crippen LogP contribution in [0.15, 0.2) is 42.6 Å². The fraction of sp³-hybridized carbons (Fsp3) is 0.417. The van der Waals surface area contributed by atoms with Gasteiger partial charge >= 0.3 is 6.01 Å². The molecule has 4 atom stereocenters. The zero-order valence-corrected chi connectivity index (χ0v) is 26.2. The molecular weight excluding hydrogens is 602 g/mol. The van der Waals surface area contributed by atoms with Gasteiger partial charge in [0.1, 0.15) is 35.2 Å². The SMILES string of the molecule is C#Cc1c(F)ccc2cc(O)cc(-c3ncc4c(N5C[C@H]6CC[C@@H](C5)N6)nc(OC[C@@]56CC[C@@H](COC)N5CC(=C)C6)nc4c3F)c12. The van der Waals surface area contributed by atoms with Gasteiger partial charge in [0.05, 0.1) is 23.1 Å². The maximum atomic E-state index is 16.9. The summed E-state index contributed by atoms with van der Waals surface area (Å²) in [5, 5.41) is 15.4. The molecule has 0 spiro atoms. The predicted molar refractivity (Wildman–Crippen MR) is 176 cm³/mol. The molecule has 8 rings (SSSR count). The number of piperazine rings is 1. The Balaban J connectivity index is 1.25. The summed E-state index contributed by atoms with van der Waals surface area (Å²) < 4.78 is 43.7. The van der Waals surface area contributed by atoms with E-state index in [-0.39, 0.29) is 51.1 Å². The molecule has 0 unspecified atom stereocenters. The van der Waals surface area contributed by atoms with Gasteiger partial charge in [-0.1, -0.05) is 24.1 Å². The first-order chi connectivity index (χ1) is 22.8. The molecule has 9 nitrogen and oxygen atoms in total. The normalized spacial score (nSPS) is 25.5. The van der Waals surface area contributed by atoms with E-state index in [1.165, 1.54) is 24.3 Å². The van der Waals surface area contributed by atoms with Crippen molar-refractivity contribution in [3.8, 4) is 35.4 Å². The molecule has 4 saturated heterocycles. The molecule has 4 fully saturated rings. The number of benzene rings is 2. The second-order valence-electron chi connectivity index (χ2n) is 13.4. The van der Waals surface area contributed by atoms with Crippen LogP contribution in [-0.2, 0) is 4.74 Å². The average molecular weight is 639 g/mol. The van der Waals surface area contributed by atoms with Crippen molar-refractivity contribution in [3.63, 3.8) is 0 Å². The van der Waals surface area contributed by atoms with Crippen LogP contribution >= 0.6 is 0 Å². The average Bonchev–Trinajstić information content (AvgIpc) is 3.69. The number of methoxy groups -OCH3 is 1. The minimum atomic E-state index is -0.733. The largest absolute Gasteiger partial charge is 0.508 e. The van der Waals surface area contributed by atoms with E-state index in [4.69, 9.17) is 20.9 Å². The third-order valence-corrected chi connectivity index (χ3v) is 10.4. The molecule has 4 aromatic rings. The number of terminal acetylenes is 1. The molecule has 2 N–H and O–H groups in total. The van der Waals surface area contributed by atoms with E-state index in [2.05, 4.69) is 37.6 Å². The highest BCUT2D eigenvalue weighted by atomic mass is 19.1. The molecule has 2 aromatic heterocycles. The van der Waals surface area contributed by atoms with Gasteiger partial charge < -0.3 is 24.8 Å². The Morgan fingerprint density at radius 3 is 2.74 bits per heavy atom. The molecule has 4 aliphatic rings. The van der Waals surface area contributed by atoms with Crippen LogP contribution in [0, 0.1) is 24.0 Å². The molecule has 47 heavy (non-hydrogen) atoms. The summed E-state index contributed by atoms with van der Waals surface area (Å²) >= 11 is 0. The Kier molecular flexibility index (Phi) is 7.28. The summed E-state index contributed by atoms with van der Waals surface area (Å²) in [7, 11) is 1.72. The zero-order chi connectivity index (χ0) is 32.4. The third-order valence-electron chi connectivity index (χ3n) is 10.4. The van der Waals surface area contributed by atoms with Crippen molar-refractivity contribution in [1.82, 2.24) is 25.2 Å². The van der Waals surface area contributed by atoms with Gasteiger partial charge in [0.2, 0.25) is 0 Å². The quantitative estimate of drug-likeness (QED) is 0.216. The van der Waals surface area contributed by atoms with Gasteiger partial charge in [-0.05, 0) is 55.7 Å². The van der Waals surface area contributed by atoms with Crippen molar-refractivity contribution in [2.75, 3.05) is 44.9 Å². The molecule has 242 valence electrons. The summed E-state index contributed by atoms with van der Waals surface area (Å²) in [5.41, 5.74) is 0.951. The first-order valence-corrected chi connectivity index (χ1v) is 16.1. The predicted octanol–water partition coefficient (Wildman–Crippen LogP) is 4.94. The second kappa shape index (κ2) is 11.4. The summed E-state index contributed by atoms with van der Waals surface area (Å²) in [6.45, 7) is 7.44. The Hall–Kier alpha value is -4.37. The van der Waals surface area contributed by atoms with Gasteiger partial charge in [0.15, 0.2) is 5.82 Å². The van der Waals surface area contributed by atoms with Gasteiger partial charge in [-0.15, -0.1) is 6.42 Å². The van der Waals surface area contributed by atoms with E-state index in [1.807, 2.05) is 0 Å². The zero-order valence-electron chi connectivity index (χ0n) is 26.2. The van der Waals surface area contributed by atoms with Gasteiger partial charge in [-0.2, -0.15) is 9.97 Å². The molecule has 2 aromatic carbocycles. The van der Waals surface area contributed by atoms with Crippen molar-refractivity contribution in [2.24, 2.45) is 0 Å². The van der Waals surface area contributed by atoms with Crippen molar-refractivity contribution >= 4 is 27.5 Å². The molecule has 2 bridgehead atoms. The van der Waals surface area contributed by atoms with Crippen molar-refractivity contribution in [2.45, 2.75) is 55.8 Å². The Labute approximate surface area is 271 Å². The minimum Gasteiger partial charge on any atom is -0.508 e. The van der Waals surface area contributed by atoms with E-state index >= 15 is 4.39 Å². The van der Waals surface area contributed by atoms with Gasteiger partial charge in [0, 0.05) is 62.0 Å². The van der Waals surface area contributed by atoms with Gasteiger partial charge in [-0.25, -0.2) is 8.78 Å². The molecule has 0 radical (unpaired) electrons. The minimum absolute atomic E-state index is 0.0323. The van der Waals surface area contributed by atoms with Crippen LogP contribution in [0.1, 0.15) is 37.7 Å². The highest BCUT2D eigenvalue weighted by molar-refractivity contribution is 6.03. The van der Waals surface area contributed by atoms with Crippen molar-refractivity contribution in [3.05, 3.63) is 59.8 Å². The number of pyridine rings is 1. The van der Waals surface area contributed by atoms with E-state index in [1.54, 1.807) is 13.3 Å². The van der Waals surface area contributed by atoms with Crippen LogP contribution in [0.25, 0.3) is 32.9 Å². The monoisotopic (exact) mass is 638 g/mol. The number of fused-ring (bicyclic) bond motifs is 5. The third kappa shape index (κ3) is 4.98. The fourth-order valence-electron chi connectivity index (χ4n) is 8.38. The van der Waals surface area contributed by atoms with Crippen LogP contribution in [0.5, 0.6) is 11.8 Å². The van der Waals surface area contributed by atoms with Crippen molar-refractivity contribution in [1.29, 1.82) is 0 Å². The molecule has 4 aliphatic heterocycles. The van der Waals surface area contributed by atoms with Crippen LogP contribution < -0.4 is 15.0 Å². The number of phenols is 1. The summed E-state index contributed by atoms with van der Waals surface area (Å²) in [4.78, 5) is 18.7. The lowest BCUT2D eigenvalue weighted by atomic mass is 9.94. The fourth-order valence-corrected chi connectivity index (χ4v) is 8.38. The molecular formula is C36H36F2N6O3. The highest BCUT2D eigenvalue weighted by Crippen LogP contribution is 2.45. The number of phenolic OH excluding ortho intramolecular Hbond substituents is 1. The van der Waals surface area contributed by atoms with Crippen LogP contribution in [0.4, 0.5) is 14.6 Å². The number of hydrogen-bond donors (Lipinski definition) is 2. The van der Waals surface area contributed by atoms with E-state index in [0.717, 1.165) is 44.2 Å². The number of aromatic hydroxyl groups is 1. The van der Waals surface area contributed by atoms with E-state index < -0.39 is 11.6 Å². The lowest BCUT2D eigenvalue weighted by molar-refractivity contribution is 0.0522. The first kappa shape index (κ1) is 30.0. The first-order valence-electron chi connectivity index (χ1n) is 16.1. The Morgan fingerprint density at radius 2 is 1.98 bits per heavy atom. The number of halogens is 2. The standard InChI is InChI=1S/C36H36F2N6O3/c1-4-26-29(37)8-5-21-11-25(45)12-27(30(21)26)32-31(38)33-28(14-39-32)34(43-16-22-6-7-23(17-43)40-22)42-35(41-33)47-19-36-10-9-24(18-46-3)44(36)15-20(2)13-36/h1,5,8,11-12,14,22-24,40,45H,2,6-7,9-10,13,15-19H2,3H3/t22-,23+,24-,36-/m0/s1. The second-order valence-corrected chi connectivity index (χ2v) is 13.4. The number of ether oxygens (including phenoxy) is 2. The maximum Gasteiger partial charge on any atom is 0.319 e. The van der Waals surface area contributed by atoms with E-state index in [0.29, 0.717) is 55.0 Å². The smallest absolute Gasteiger partial charge is 0.319 e. The summed E-state index contributed by atoms with van der Waals surface area (Å²) in [6, 6.07) is 6.51. The molecule has 6 heterocycles. The molecule has 0 saturated carbocycles. The molecule has 0 amide bonds. The lowest BCUT2D eigenvalue weighted by Crippen LogP contribution is -2.51. The van der Waals surface area contributed by atoms with Crippen LogP contribution in [-0.4, -0.2) is 88.6 Å². The number of hydrogen-bond acceptors (Lipinski definition) is 9. The maximum absolute atomic E-state index is 16.9. The Bertz CT molecular complexity index is 1970. The topological polar surface area (TPSA) is 95.9 Å². The number of rotatable bonds is 7. The number of nitrogens with zero attached hydrogens (tertiary/aromatic N) is 5. The van der Waals surface area contributed by atoms with Gasteiger partial charge in [-0.3, -0.25) is 9.88 Å². The van der Waals surface area contributed by atoms with Crippen LogP contribution in [0.2, 0.25) is 0 Å². The molecule has 0 aliphatic carbocycles. The Morgan fingerprint density at radius 1 is 1.17 bits per heavy atom. The number of aromatic nitrogens is 3. The highest BCUT2D eigenvalue weighted by Gasteiger charge is 2.51. The van der Waals surface area contributed by atoms with Crippen molar-refractivity contribution < 1.29 is 23.4 Å². The van der Waals surface area contributed by atoms with E-state index in [9.17, 15) is 9.50 Å². The molecule has 11 heteroatoms. The van der Waals surface area contributed by atoms with Crippen LogP contribution in [0.3, 0.4) is 0 Å².